The summed E-state index contributed by atoms with van der Waals surface area (Å²) >= 11 is 5.72. The molecule has 3 aromatic rings. The Bertz CT molecular complexity index is 1060. The van der Waals surface area contributed by atoms with Crippen molar-refractivity contribution in [2.45, 2.75) is 19.8 Å². The summed E-state index contributed by atoms with van der Waals surface area (Å²) in [5, 5.41) is 9.94. The Kier molecular flexibility index (Phi) is 4.30. The molecule has 0 spiro atoms. The number of benzene rings is 2. The van der Waals surface area contributed by atoms with Gasteiger partial charge in [-0.2, -0.15) is 0 Å². The average Bonchev–Trinajstić information content (AvgIpc) is 2.57. The minimum absolute atomic E-state index is 0.0501. The number of aromatic hydroxyl groups is 1. The normalized spacial score (nSPS) is 11.2. The van der Waals surface area contributed by atoms with Gasteiger partial charge in [-0.05, 0) is 30.3 Å². The fraction of sp³-hybridized carbons (Fsp3) is 0.167. The molecule has 0 unspecified atom stereocenters. The molecule has 0 aliphatic carbocycles. The highest BCUT2D eigenvalue weighted by Gasteiger charge is 2.19. The number of phenols is 1. The van der Waals surface area contributed by atoms with Gasteiger partial charge in [-0.1, -0.05) is 25.4 Å². The highest BCUT2D eigenvalue weighted by atomic mass is 35.5. The molecule has 7 heteroatoms. The molecule has 0 amide bonds. The summed E-state index contributed by atoms with van der Waals surface area (Å²) in [6.45, 7) is 3.64. The van der Waals surface area contributed by atoms with E-state index in [9.17, 15) is 19.1 Å². The van der Waals surface area contributed by atoms with E-state index in [4.69, 9.17) is 11.6 Å². The maximum atomic E-state index is 13.9. The third-order valence-corrected chi connectivity index (χ3v) is 4.19. The predicted octanol–water partition coefficient (Wildman–Crippen LogP) is 3.82. The molecule has 0 aliphatic rings. The van der Waals surface area contributed by atoms with Gasteiger partial charge in [-0.25, -0.2) is 9.37 Å². The molecule has 1 heterocycles. The van der Waals surface area contributed by atoms with Crippen LogP contribution in [0.2, 0.25) is 5.02 Å². The second kappa shape index (κ2) is 6.29. The van der Waals surface area contributed by atoms with Crippen LogP contribution in [0.1, 0.15) is 35.9 Å². The van der Waals surface area contributed by atoms with Gasteiger partial charge in [-0.3, -0.25) is 14.2 Å². The molecule has 0 bridgehead atoms. The van der Waals surface area contributed by atoms with E-state index in [1.54, 1.807) is 0 Å². The van der Waals surface area contributed by atoms with Crippen molar-refractivity contribution in [1.29, 1.82) is 0 Å². The molecule has 0 aliphatic heterocycles. The van der Waals surface area contributed by atoms with Crippen LogP contribution in [-0.4, -0.2) is 20.9 Å². The topological polar surface area (TPSA) is 72.2 Å². The van der Waals surface area contributed by atoms with E-state index in [0.717, 1.165) is 6.07 Å². The number of aromatic nitrogens is 2. The first-order chi connectivity index (χ1) is 11.8. The fourth-order valence-corrected chi connectivity index (χ4v) is 2.77. The van der Waals surface area contributed by atoms with Crippen molar-refractivity contribution in [3.63, 3.8) is 0 Å². The van der Waals surface area contributed by atoms with Gasteiger partial charge < -0.3 is 5.11 Å². The molecular formula is C18H14ClFN2O3. The number of carbonyl (C=O) groups excluding carboxylic acids is 1. The number of carbonyl (C=O) groups is 1. The van der Waals surface area contributed by atoms with Crippen molar-refractivity contribution in [2.75, 3.05) is 0 Å². The summed E-state index contributed by atoms with van der Waals surface area (Å²) in [6.07, 6.45) is 0.459. The first-order valence-electron chi connectivity index (χ1n) is 7.54. The number of phenolic OH excluding ortho intramolecular Hbond substituents is 1. The van der Waals surface area contributed by atoms with E-state index < -0.39 is 11.4 Å². The van der Waals surface area contributed by atoms with Crippen molar-refractivity contribution in [3.8, 4) is 11.4 Å². The summed E-state index contributed by atoms with van der Waals surface area (Å²) < 4.78 is 15.2. The fourth-order valence-electron chi connectivity index (χ4n) is 2.66. The summed E-state index contributed by atoms with van der Waals surface area (Å²) in [5.74, 6) is -0.759. The van der Waals surface area contributed by atoms with Crippen LogP contribution in [0.3, 0.4) is 0 Å². The first-order valence-corrected chi connectivity index (χ1v) is 7.92. The van der Waals surface area contributed by atoms with Gasteiger partial charge in [0.2, 0.25) is 0 Å². The quantitative estimate of drug-likeness (QED) is 0.721. The molecule has 0 saturated carbocycles. The molecule has 3 rings (SSSR count). The van der Waals surface area contributed by atoms with Gasteiger partial charge in [-0.15, -0.1) is 0 Å². The third kappa shape index (κ3) is 2.78. The van der Waals surface area contributed by atoms with Gasteiger partial charge in [0.25, 0.3) is 5.56 Å². The van der Waals surface area contributed by atoms with E-state index in [1.165, 1.54) is 28.8 Å². The number of rotatable bonds is 3. The maximum Gasteiger partial charge on any atom is 0.266 e. The van der Waals surface area contributed by atoms with Crippen LogP contribution in [0, 0.1) is 5.82 Å². The van der Waals surface area contributed by atoms with Gasteiger partial charge in [0.1, 0.15) is 17.4 Å². The zero-order valence-electron chi connectivity index (χ0n) is 13.5. The van der Waals surface area contributed by atoms with Crippen LogP contribution in [0.25, 0.3) is 16.6 Å². The second-order valence-corrected chi connectivity index (χ2v) is 6.28. The standard InChI is InChI=1S/C18H14ClFN2O3/c1-9(2)17-21-16-11(4-6-15(24)12(16)8-23)18(25)22(17)10-3-5-13(19)14(20)7-10/h3-9,24H,1-2H3. The Morgan fingerprint density at radius 2 is 2.00 bits per heavy atom. The van der Waals surface area contributed by atoms with Crippen molar-refractivity contribution >= 4 is 28.8 Å². The van der Waals surface area contributed by atoms with Crippen LogP contribution >= 0.6 is 11.6 Å². The Hall–Kier alpha value is -2.73. The smallest absolute Gasteiger partial charge is 0.266 e. The monoisotopic (exact) mass is 360 g/mol. The molecule has 0 saturated heterocycles. The molecule has 0 atom stereocenters. The zero-order chi connectivity index (χ0) is 18.3. The molecule has 1 aromatic heterocycles. The lowest BCUT2D eigenvalue weighted by molar-refractivity contribution is 0.112. The SMILES string of the molecule is CC(C)c1nc2c(C=O)c(O)ccc2c(=O)n1-c1ccc(Cl)c(F)c1. The average molecular weight is 361 g/mol. The summed E-state index contributed by atoms with van der Waals surface area (Å²) in [6, 6.07) is 6.69. The first kappa shape index (κ1) is 17.1. The van der Waals surface area contributed by atoms with Crippen LogP contribution < -0.4 is 5.56 Å². The lowest BCUT2D eigenvalue weighted by atomic mass is 10.1. The van der Waals surface area contributed by atoms with Gasteiger partial charge in [0.15, 0.2) is 6.29 Å². The Balaban J connectivity index is 2.46. The van der Waals surface area contributed by atoms with E-state index in [-0.39, 0.29) is 38.8 Å². The zero-order valence-corrected chi connectivity index (χ0v) is 14.2. The van der Waals surface area contributed by atoms with Crippen LogP contribution in [0.4, 0.5) is 4.39 Å². The molecule has 25 heavy (non-hydrogen) atoms. The molecule has 128 valence electrons. The summed E-state index contributed by atoms with van der Waals surface area (Å²) in [7, 11) is 0. The van der Waals surface area contributed by atoms with Crippen molar-refractivity contribution in [2.24, 2.45) is 0 Å². The Labute approximate surface area is 147 Å². The number of nitrogens with zero attached hydrogens (tertiary/aromatic N) is 2. The number of hydrogen-bond donors (Lipinski definition) is 1. The third-order valence-electron chi connectivity index (χ3n) is 3.88. The van der Waals surface area contributed by atoms with E-state index >= 15 is 0 Å². The van der Waals surface area contributed by atoms with E-state index in [1.807, 2.05) is 13.8 Å². The van der Waals surface area contributed by atoms with Gasteiger partial charge in [0.05, 0.1) is 27.2 Å². The van der Waals surface area contributed by atoms with Gasteiger partial charge >= 0.3 is 0 Å². The molecular weight excluding hydrogens is 347 g/mol. The highest BCUT2D eigenvalue weighted by molar-refractivity contribution is 6.30. The maximum absolute atomic E-state index is 13.9. The van der Waals surface area contributed by atoms with Crippen LogP contribution in [-0.2, 0) is 0 Å². The lowest BCUT2D eigenvalue weighted by Crippen LogP contribution is -2.25. The minimum Gasteiger partial charge on any atom is -0.507 e. The minimum atomic E-state index is -0.653. The number of aldehydes is 1. The largest absolute Gasteiger partial charge is 0.507 e. The molecule has 5 nitrogen and oxygen atoms in total. The van der Waals surface area contributed by atoms with Crippen molar-refractivity contribution < 1.29 is 14.3 Å². The Morgan fingerprint density at radius 1 is 1.28 bits per heavy atom. The molecule has 2 aromatic carbocycles. The molecule has 0 fully saturated rings. The second-order valence-electron chi connectivity index (χ2n) is 5.88. The van der Waals surface area contributed by atoms with E-state index in [0.29, 0.717) is 12.1 Å². The highest BCUT2D eigenvalue weighted by Crippen LogP contribution is 2.26. The van der Waals surface area contributed by atoms with Crippen molar-refractivity contribution in [3.05, 3.63) is 62.9 Å². The molecule has 0 radical (unpaired) electrons. The number of fused-ring (bicyclic) bond motifs is 1. The lowest BCUT2D eigenvalue weighted by Gasteiger charge is -2.17. The van der Waals surface area contributed by atoms with Crippen LogP contribution in [0.15, 0.2) is 35.1 Å². The summed E-state index contributed by atoms with van der Waals surface area (Å²) in [4.78, 5) is 28.7. The van der Waals surface area contributed by atoms with E-state index in [2.05, 4.69) is 4.98 Å². The number of hydrogen-bond acceptors (Lipinski definition) is 4. The van der Waals surface area contributed by atoms with Crippen molar-refractivity contribution in [1.82, 2.24) is 9.55 Å². The van der Waals surface area contributed by atoms with Crippen LogP contribution in [0.5, 0.6) is 5.75 Å². The summed E-state index contributed by atoms with van der Waals surface area (Å²) in [5.41, 5.74) is -0.107. The van der Waals surface area contributed by atoms with Gasteiger partial charge in [0, 0.05) is 5.92 Å². The Morgan fingerprint density at radius 3 is 2.60 bits per heavy atom. The predicted molar refractivity (Wildman–Crippen MR) is 93.4 cm³/mol. The number of halogens is 2. The molecule has 1 N–H and O–H groups in total.